The third-order valence-electron chi connectivity index (χ3n) is 4.34. The Bertz CT molecular complexity index is 701. The molecule has 2 atom stereocenters. The van der Waals surface area contributed by atoms with Gasteiger partial charge in [-0.05, 0) is 24.5 Å². The summed E-state index contributed by atoms with van der Waals surface area (Å²) in [6, 6.07) is 6.57. The number of hydrogen-bond acceptors (Lipinski definition) is 3. The van der Waals surface area contributed by atoms with E-state index in [-0.39, 0.29) is 11.7 Å². The molecule has 2 unspecified atom stereocenters. The van der Waals surface area contributed by atoms with E-state index in [1.165, 1.54) is 6.07 Å². The van der Waals surface area contributed by atoms with Gasteiger partial charge in [0.2, 0.25) is 0 Å². The second kappa shape index (κ2) is 6.50. The molecule has 2 aromatic rings. The average molecular weight is 317 g/mol. The van der Waals surface area contributed by atoms with Crippen LogP contribution in [0.4, 0.5) is 4.39 Å². The molecule has 122 valence electrons. The average Bonchev–Trinajstić information content (AvgIpc) is 2.95. The molecule has 2 heterocycles. The molecule has 0 saturated carbocycles. The minimum absolute atomic E-state index is 0.298. The zero-order chi connectivity index (χ0) is 16.4. The standard InChI is InChI=1S/C17H20FN3O2/c1-11-6-12(17(22)23)9-21(8-11)10-13-7-19-20-16(13)14-4-2-3-5-15(14)18/h2-5,7,11-12H,6,8-10H2,1H3,(H,19,20)(H,22,23). The molecular weight excluding hydrogens is 297 g/mol. The normalized spacial score (nSPS) is 22.2. The Morgan fingerprint density at radius 2 is 2.22 bits per heavy atom. The third kappa shape index (κ3) is 3.42. The van der Waals surface area contributed by atoms with E-state index in [0.29, 0.717) is 36.7 Å². The van der Waals surface area contributed by atoms with Gasteiger partial charge >= 0.3 is 5.97 Å². The summed E-state index contributed by atoms with van der Waals surface area (Å²) in [7, 11) is 0. The van der Waals surface area contributed by atoms with Gasteiger partial charge in [-0.3, -0.25) is 14.8 Å². The third-order valence-corrected chi connectivity index (χ3v) is 4.34. The van der Waals surface area contributed by atoms with E-state index >= 15 is 0 Å². The number of aromatic nitrogens is 2. The molecule has 0 spiro atoms. The Balaban J connectivity index is 1.80. The molecule has 0 amide bonds. The second-order valence-corrected chi connectivity index (χ2v) is 6.32. The summed E-state index contributed by atoms with van der Waals surface area (Å²) in [6.45, 7) is 3.98. The molecular formula is C17H20FN3O2. The first-order valence-electron chi connectivity index (χ1n) is 7.77. The first kappa shape index (κ1) is 15.7. The van der Waals surface area contributed by atoms with Crippen molar-refractivity contribution in [3.63, 3.8) is 0 Å². The van der Waals surface area contributed by atoms with Crippen molar-refractivity contribution in [2.45, 2.75) is 19.9 Å². The van der Waals surface area contributed by atoms with E-state index in [0.717, 1.165) is 12.1 Å². The van der Waals surface area contributed by atoms with Gasteiger partial charge in [0.25, 0.3) is 0 Å². The molecule has 1 aromatic carbocycles. The Kier molecular flexibility index (Phi) is 4.43. The predicted molar refractivity (Wildman–Crippen MR) is 84.2 cm³/mol. The highest BCUT2D eigenvalue weighted by Crippen LogP contribution is 2.28. The van der Waals surface area contributed by atoms with Crippen LogP contribution in [0, 0.1) is 17.7 Å². The van der Waals surface area contributed by atoms with E-state index in [9.17, 15) is 14.3 Å². The Labute approximate surface area is 134 Å². The number of nitrogens with one attached hydrogen (secondary N) is 1. The van der Waals surface area contributed by atoms with Gasteiger partial charge in [-0.2, -0.15) is 5.10 Å². The molecule has 1 aromatic heterocycles. The van der Waals surface area contributed by atoms with Crippen LogP contribution < -0.4 is 0 Å². The van der Waals surface area contributed by atoms with E-state index < -0.39 is 5.97 Å². The lowest BCUT2D eigenvalue weighted by atomic mass is 9.90. The van der Waals surface area contributed by atoms with Gasteiger partial charge in [0.05, 0.1) is 17.8 Å². The largest absolute Gasteiger partial charge is 0.481 e. The number of aliphatic carboxylic acids is 1. The molecule has 3 rings (SSSR count). The predicted octanol–water partition coefficient (Wildman–Crippen LogP) is 2.76. The maximum atomic E-state index is 14.0. The van der Waals surface area contributed by atoms with Crippen LogP contribution >= 0.6 is 0 Å². The summed E-state index contributed by atoms with van der Waals surface area (Å²) in [4.78, 5) is 13.4. The first-order chi connectivity index (χ1) is 11.0. The number of nitrogens with zero attached hydrogens (tertiary/aromatic N) is 2. The van der Waals surface area contributed by atoms with Crippen molar-refractivity contribution in [2.75, 3.05) is 13.1 Å². The van der Waals surface area contributed by atoms with Gasteiger partial charge in [-0.1, -0.05) is 19.1 Å². The lowest BCUT2D eigenvalue weighted by molar-refractivity contribution is -0.144. The first-order valence-corrected chi connectivity index (χ1v) is 7.77. The summed E-state index contributed by atoms with van der Waals surface area (Å²) in [5.41, 5.74) is 2.03. The number of likely N-dealkylation sites (tertiary alicyclic amines) is 1. The molecule has 1 aliphatic rings. The zero-order valence-corrected chi connectivity index (χ0v) is 13.0. The van der Waals surface area contributed by atoms with Gasteiger partial charge in [0.15, 0.2) is 0 Å². The van der Waals surface area contributed by atoms with Gasteiger partial charge in [-0.25, -0.2) is 4.39 Å². The van der Waals surface area contributed by atoms with Crippen molar-refractivity contribution in [2.24, 2.45) is 11.8 Å². The van der Waals surface area contributed by atoms with Crippen LogP contribution in [0.5, 0.6) is 0 Å². The van der Waals surface area contributed by atoms with Crippen LogP contribution in [0.2, 0.25) is 0 Å². The highest BCUT2D eigenvalue weighted by Gasteiger charge is 2.30. The van der Waals surface area contributed by atoms with Crippen molar-refractivity contribution in [3.8, 4) is 11.3 Å². The number of hydrogen-bond donors (Lipinski definition) is 2. The quantitative estimate of drug-likeness (QED) is 0.910. The number of aromatic amines is 1. The summed E-state index contributed by atoms with van der Waals surface area (Å²) >= 11 is 0. The number of piperidine rings is 1. The minimum atomic E-state index is -0.747. The second-order valence-electron chi connectivity index (χ2n) is 6.32. The van der Waals surface area contributed by atoms with Crippen LogP contribution in [0.3, 0.4) is 0 Å². The van der Waals surface area contributed by atoms with E-state index in [1.54, 1.807) is 24.4 Å². The number of carbonyl (C=O) groups is 1. The van der Waals surface area contributed by atoms with Crippen molar-refractivity contribution in [1.29, 1.82) is 0 Å². The molecule has 1 fully saturated rings. The van der Waals surface area contributed by atoms with Crippen molar-refractivity contribution >= 4 is 5.97 Å². The fourth-order valence-electron chi connectivity index (χ4n) is 3.34. The van der Waals surface area contributed by atoms with Gasteiger partial charge in [0.1, 0.15) is 5.82 Å². The van der Waals surface area contributed by atoms with E-state index in [1.807, 2.05) is 0 Å². The molecule has 5 nitrogen and oxygen atoms in total. The van der Waals surface area contributed by atoms with E-state index in [4.69, 9.17) is 0 Å². The van der Waals surface area contributed by atoms with Crippen LogP contribution in [-0.2, 0) is 11.3 Å². The molecule has 6 heteroatoms. The van der Waals surface area contributed by atoms with E-state index in [2.05, 4.69) is 22.0 Å². The van der Waals surface area contributed by atoms with Crippen molar-refractivity contribution < 1.29 is 14.3 Å². The zero-order valence-electron chi connectivity index (χ0n) is 13.0. The Morgan fingerprint density at radius 1 is 1.43 bits per heavy atom. The lowest BCUT2D eigenvalue weighted by Crippen LogP contribution is -2.41. The van der Waals surface area contributed by atoms with Crippen LogP contribution in [0.1, 0.15) is 18.9 Å². The number of carboxylic acids is 1. The summed E-state index contributed by atoms with van der Waals surface area (Å²) in [5, 5.41) is 16.2. The topological polar surface area (TPSA) is 69.2 Å². The molecule has 0 radical (unpaired) electrons. The monoisotopic (exact) mass is 317 g/mol. The summed E-state index contributed by atoms with van der Waals surface area (Å²) in [5.74, 6) is -1.06. The molecule has 1 saturated heterocycles. The van der Waals surface area contributed by atoms with Gasteiger partial charge in [0, 0.05) is 30.8 Å². The molecule has 23 heavy (non-hydrogen) atoms. The molecule has 0 bridgehead atoms. The van der Waals surface area contributed by atoms with Crippen LogP contribution in [0.15, 0.2) is 30.5 Å². The highest BCUT2D eigenvalue weighted by molar-refractivity contribution is 5.70. The van der Waals surface area contributed by atoms with Gasteiger partial charge < -0.3 is 5.11 Å². The fourth-order valence-corrected chi connectivity index (χ4v) is 3.34. The minimum Gasteiger partial charge on any atom is -0.481 e. The smallest absolute Gasteiger partial charge is 0.307 e. The summed E-state index contributed by atoms with van der Waals surface area (Å²) in [6.07, 6.45) is 2.40. The molecule has 0 aliphatic carbocycles. The number of benzene rings is 1. The van der Waals surface area contributed by atoms with Crippen molar-refractivity contribution in [3.05, 3.63) is 41.8 Å². The summed E-state index contributed by atoms with van der Waals surface area (Å²) < 4.78 is 14.0. The number of halogens is 1. The molecule has 2 N–H and O–H groups in total. The number of rotatable bonds is 4. The lowest BCUT2D eigenvalue weighted by Gasteiger charge is -2.34. The van der Waals surface area contributed by atoms with Crippen LogP contribution in [0.25, 0.3) is 11.3 Å². The van der Waals surface area contributed by atoms with Gasteiger partial charge in [-0.15, -0.1) is 0 Å². The van der Waals surface area contributed by atoms with Crippen molar-refractivity contribution in [1.82, 2.24) is 15.1 Å². The Morgan fingerprint density at radius 3 is 2.96 bits per heavy atom. The van der Waals surface area contributed by atoms with Crippen LogP contribution in [-0.4, -0.2) is 39.3 Å². The highest BCUT2D eigenvalue weighted by atomic mass is 19.1. The SMILES string of the molecule is CC1CC(C(=O)O)CN(Cc2cn[nH]c2-c2ccccc2F)C1. The fraction of sp³-hybridized carbons (Fsp3) is 0.412. The maximum absolute atomic E-state index is 14.0. The maximum Gasteiger partial charge on any atom is 0.307 e. The Hall–Kier alpha value is -2.21. The number of carboxylic acid groups (broad SMARTS) is 1. The molecule has 1 aliphatic heterocycles. The number of H-pyrrole nitrogens is 1.